The van der Waals surface area contributed by atoms with Gasteiger partial charge in [0.1, 0.15) is 0 Å². The van der Waals surface area contributed by atoms with E-state index in [1.54, 1.807) is 6.20 Å². The number of ether oxygens (including phenoxy) is 1. The largest absolute Gasteiger partial charge is 0.376 e. The molecule has 1 amide bonds. The summed E-state index contributed by atoms with van der Waals surface area (Å²) in [6.07, 6.45) is 3.50. The summed E-state index contributed by atoms with van der Waals surface area (Å²) < 4.78 is 7.26. The number of carbonyl (C=O) groups excluding carboxylic acids is 2. The molecule has 6 nitrogen and oxygen atoms in total. The van der Waals surface area contributed by atoms with Crippen LogP contribution in [0, 0.1) is 17.2 Å². The number of aryl methyl sites for hydroxylation is 1. The summed E-state index contributed by atoms with van der Waals surface area (Å²) in [6.45, 7) is 1.02. The molecule has 6 heteroatoms. The summed E-state index contributed by atoms with van der Waals surface area (Å²) in [4.78, 5) is 25.0. The zero-order valence-electron chi connectivity index (χ0n) is 13.5. The minimum atomic E-state index is -1.35. The van der Waals surface area contributed by atoms with Crippen LogP contribution >= 0.6 is 0 Å². The van der Waals surface area contributed by atoms with Crippen LogP contribution in [0.4, 0.5) is 0 Å². The van der Waals surface area contributed by atoms with Gasteiger partial charge in [-0.3, -0.25) is 9.59 Å². The van der Waals surface area contributed by atoms with Gasteiger partial charge in [-0.25, -0.2) is 0 Å². The number of nitrogens with one attached hydrogen (secondary N) is 1. The number of amides is 1. The van der Waals surface area contributed by atoms with Gasteiger partial charge < -0.3 is 14.6 Å². The third-order valence-electron chi connectivity index (χ3n) is 4.34. The number of nitrogens with zero attached hydrogens (tertiary/aromatic N) is 2. The third-order valence-corrected chi connectivity index (χ3v) is 4.34. The van der Waals surface area contributed by atoms with Gasteiger partial charge >= 0.3 is 0 Å². The van der Waals surface area contributed by atoms with E-state index in [9.17, 15) is 14.9 Å². The van der Waals surface area contributed by atoms with E-state index in [1.165, 1.54) is 0 Å². The van der Waals surface area contributed by atoms with Gasteiger partial charge in [-0.2, -0.15) is 5.26 Å². The first-order valence-electron chi connectivity index (χ1n) is 7.99. The molecule has 2 atom stereocenters. The van der Waals surface area contributed by atoms with Gasteiger partial charge in [0.15, 0.2) is 11.7 Å². The fourth-order valence-corrected chi connectivity index (χ4v) is 3.05. The second-order valence-electron chi connectivity index (χ2n) is 5.98. The van der Waals surface area contributed by atoms with Crippen molar-refractivity contribution in [3.8, 4) is 6.07 Å². The van der Waals surface area contributed by atoms with Gasteiger partial charge in [-0.1, -0.05) is 18.2 Å². The lowest BCUT2D eigenvalue weighted by atomic mass is 9.97. The zero-order chi connectivity index (χ0) is 17.1. The quantitative estimate of drug-likeness (QED) is 0.671. The van der Waals surface area contributed by atoms with Crippen molar-refractivity contribution < 1.29 is 14.3 Å². The molecule has 1 aliphatic heterocycles. The molecule has 2 heterocycles. The number of benzene rings is 1. The Morgan fingerprint density at radius 2 is 2.25 bits per heavy atom. The average Bonchev–Trinajstić information content (AvgIpc) is 3.22. The molecule has 1 saturated heterocycles. The van der Waals surface area contributed by atoms with E-state index in [1.807, 2.05) is 41.9 Å². The maximum Gasteiger partial charge on any atom is 0.245 e. The lowest BCUT2D eigenvalue weighted by Gasteiger charge is -2.12. The zero-order valence-corrected chi connectivity index (χ0v) is 13.5. The molecule has 2 aromatic rings. The molecule has 0 radical (unpaired) electrons. The van der Waals surface area contributed by atoms with Gasteiger partial charge in [-0.05, 0) is 18.9 Å². The lowest BCUT2D eigenvalue weighted by Crippen LogP contribution is -2.38. The van der Waals surface area contributed by atoms with E-state index >= 15 is 0 Å². The Balaban J connectivity index is 1.78. The van der Waals surface area contributed by atoms with E-state index in [0.29, 0.717) is 18.7 Å². The van der Waals surface area contributed by atoms with Gasteiger partial charge in [-0.15, -0.1) is 0 Å². The number of ketones is 1. The highest BCUT2D eigenvalue weighted by Crippen LogP contribution is 2.23. The molecule has 1 N–H and O–H groups in total. The topological polar surface area (TPSA) is 84.1 Å². The highest BCUT2D eigenvalue weighted by molar-refractivity contribution is 6.17. The predicted octanol–water partition coefficient (Wildman–Crippen LogP) is 1.80. The first-order valence-corrected chi connectivity index (χ1v) is 7.99. The van der Waals surface area contributed by atoms with Crippen LogP contribution < -0.4 is 5.32 Å². The van der Waals surface area contributed by atoms with Crippen molar-refractivity contribution in [2.45, 2.75) is 18.9 Å². The number of fused-ring (bicyclic) bond motifs is 1. The van der Waals surface area contributed by atoms with Crippen LogP contribution in [0.5, 0.6) is 0 Å². The van der Waals surface area contributed by atoms with E-state index in [2.05, 4.69) is 5.32 Å². The third kappa shape index (κ3) is 3.03. The summed E-state index contributed by atoms with van der Waals surface area (Å²) in [5.41, 5.74) is 1.28. The minimum absolute atomic E-state index is 0.0269. The van der Waals surface area contributed by atoms with Crippen LogP contribution in [0.25, 0.3) is 10.9 Å². The van der Waals surface area contributed by atoms with Crippen LogP contribution in [0.1, 0.15) is 23.2 Å². The van der Waals surface area contributed by atoms with Crippen molar-refractivity contribution >= 4 is 22.6 Å². The molecule has 1 aliphatic rings. The van der Waals surface area contributed by atoms with Gasteiger partial charge in [0.2, 0.25) is 5.91 Å². The fourth-order valence-electron chi connectivity index (χ4n) is 3.05. The molecule has 24 heavy (non-hydrogen) atoms. The molecule has 0 unspecified atom stereocenters. The molecule has 0 aliphatic carbocycles. The first-order chi connectivity index (χ1) is 11.6. The monoisotopic (exact) mass is 325 g/mol. The Labute approximate surface area is 140 Å². The summed E-state index contributed by atoms with van der Waals surface area (Å²) in [6, 6.07) is 9.27. The maximum atomic E-state index is 12.7. The Kier molecular flexibility index (Phi) is 4.63. The second-order valence-corrected chi connectivity index (χ2v) is 5.98. The summed E-state index contributed by atoms with van der Waals surface area (Å²) in [5.74, 6) is -2.39. The smallest absolute Gasteiger partial charge is 0.245 e. The minimum Gasteiger partial charge on any atom is -0.376 e. The SMILES string of the molecule is Cn1cc(C(=O)[C@@H](C#N)C(=O)NC[C@@H]2CCCO2)c2ccccc21. The van der Waals surface area contributed by atoms with Gasteiger partial charge in [0.25, 0.3) is 0 Å². The van der Waals surface area contributed by atoms with Crippen LogP contribution in [0.3, 0.4) is 0 Å². The predicted molar refractivity (Wildman–Crippen MR) is 88.3 cm³/mol. The highest BCUT2D eigenvalue weighted by Gasteiger charge is 2.30. The van der Waals surface area contributed by atoms with E-state index in [-0.39, 0.29) is 6.10 Å². The number of hydrogen-bond donors (Lipinski definition) is 1. The number of hydrogen-bond acceptors (Lipinski definition) is 4. The van der Waals surface area contributed by atoms with Gasteiger partial charge in [0, 0.05) is 42.9 Å². The first kappa shape index (κ1) is 16.2. The van der Waals surface area contributed by atoms with Crippen LogP contribution in [-0.4, -0.2) is 35.5 Å². The molecule has 3 rings (SSSR count). The number of carbonyl (C=O) groups is 2. The normalized spacial score (nSPS) is 18.2. The van der Waals surface area contributed by atoms with E-state index in [0.717, 1.165) is 23.7 Å². The molecule has 124 valence electrons. The molecular weight excluding hydrogens is 306 g/mol. The number of rotatable bonds is 5. The Morgan fingerprint density at radius 1 is 1.46 bits per heavy atom. The summed E-state index contributed by atoms with van der Waals surface area (Å²) >= 11 is 0. The standard InChI is InChI=1S/C18H19N3O3/c1-21-11-15(13-6-2-3-7-16(13)21)17(22)14(9-19)18(23)20-10-12-5-4-8-24-12/h2-3,6-7,11-12,14H,4-5,8,10H2,1H3,(H,20,23)/t12-,14+/m0/s1. The highest BCUT2D eigenvalue weighted by atomic mass is 16.5. The molecule has 1 aromatic heterocycles. The lowest BCUT2D eigenvalue weighted by molar-refractivity contribution is -0.122. The number of Topliss-reactive ketones (excluding diaryl/α,β-unsaturated/α-hetero) is 1. The fraction of sp³-hybridized carbons (Fsp3) is 0.389. The van der Waals surface area contributed by atoms with E-state index in [4.69, 9.17) is 4.74 Å². The van der Waals surface area contributed by atoms with Crippen molar-refractivity contribution in [2.24, 2.45) is 13.0 Å². The van der Waals surface area contributed by atoms with Crippen molar-refractivity contribution in [1.29, 1.82) is 5.26 Å². The van der Waals surface area contributed by atoms with Crippen molar-refractivity contribution in [1.82, 2.24) is 9.88 Å². The Morgan fingerprint density at radius 3 is 2.96 bits per heavy atom. The average molecular weight is 325 g/mol. The van der Waals surface area contributed by atoms with Crippen LogP contribution in [-0.2, 0) is 16.6 Å². The Bertz CT molecular complexity index is 813. The molecule has 0 spiro atoms. The number of aromatic nitrogens is 1. The second kappa shape index (κ2) is 6.85. The Hall–Kier alpha value is -2.65. The van der Waals surface area contributed by atoms with Crippen molar-refractivity contribution in [3.63, 3.8) is 0 Å². The molecule has 1 aromatic carbocycles. The summed E-state index contributed by atoms with van der Waals surface area (Å²) in [5, 5.41) is 12.7. The van der Waals surface area contributed by atoms with Crippen molar-refractivity contribution in [3.05, 3.63) is 36.0 Å². The van der Waals surface area contributed by atoms with Crippen LogP contribution in [0.15, 0.2) is 30.5 Å². The summed E-state index contributed by atoms with van der Waals surface area (Å²) in [7, 11) is 1.83. The molecule has 0 saturated carbocycles. The maximum absolute atomic E-state index is 12.7. The van der Waals surface area contributed by atoms with E-state index < -0.39 is 17.6 Å². The number of para-hydroxylation sites is 1. The number of nitriles is 1. The molecule has 1 fully saturated rings. The molecular formula is C18H19N3O3. The molecule has 0 bridgehead atoms. The van der Waals surface area contributed by atoms with Gasteiger partial charge in [0.05, 0.1) is 12.2 Å². The van der Waals surface area contributed by atoms with Crippen LogP contribution in [0.2, 0.25) is 0 Å². The van der Waals surface area contributed by atoms with Crippen molar-refractivity contribution in [2.75, 3.05) is 13.2 Å².